The summed E-state index contributed by atoms with van der Waals surface area (Å²) in [7, 11) is 0. The van der Waals surface area contributed by atoms with Crippen molar-refractivity contribution < 1.29 is 9.53 Å². The number of amides is 1. The minimum atomic E-state index is -0.525. The van der Waals surface area contributed by atoms with E-state index in [0.29, 0.717) is 23.6 Å². The van der Waals surface area contributed by atoms with Gasteiger partial charge in [-0.3, -0.25) is 4.79 Å². The lowest BCUT2D eigenvalue weighted by molar-refractivity contribution is 0.140. The summed E-state index contributed by atoms with van der Waals surface area (Å²) in [5.41, 5.74) is 1.64. The van der Waals surface area contributed by atoms with Gasteiger partial charge in [0.05, 0.1) is 11.4 Å². The smallest absolute Gasteiger partial charge is 0.407 e. The number of H-pyrrole nitrogens is 1. The molecule has 0 saturated carbocycles. The van der Waals surface area contributed by atoms with Crippen LogP contribution in [0.3, 0.4) is 0 Å². The van der Waals surface area contributed by atoms with Gasteiger partial charge in [-0.1, -0.05) is 30.3 Å². The van der Waals surface area contributed by atoms with E-state index in [1.165, 1.54) is 12.4 Å². The Balaban J connectivity index is 1.52. The minimum Gasteiger partial charge on any atom is -0.445 e. The fourth-order valence-corrected chi connectivity index (χ4v) is 2.26. The number of nitrogens with one attached hydrogen (secondary N) is 2. The molecule has 0 atom stereocenters. The highest BCUT2D eigenvalue weighted by molar-refractivity contribution is 5.67. The molecule has 0 radical (unpaired) electrons. The lowest BCUT2D eigenvalue weighted by Crippen LogP contribution is -2.27. The van der Waals surface area contributed by atoms with E-state index in [1.807, 2.05) is 30.3 Å². The van der Waals surface area contributed by atoms with Gasteiger partial charge in [-0.25, -0.2) is 19.7 Å². The third-order valence-corrected chi connectivity index (χ3v) is 3.48. The van der Waals surface area contributed by atoms with E-state index >= 15 is 0 Å². The summed E-state index contributed by atoms with van der Waals surface area (Å²) in [5.74, 6) is 0.453. The highest BCUT2D eigenvalue weighted by Crippen LogP contribution is 2.10. The van der Waals surface area contributed by atoms with Gasteiger partial charge in [-0.15, -0.1) is 0 Å². The Kier molecular flexibility index (Phi) is 5.66. The van der Waals surface area contributed by atoms with Gasteiger partial charge in [0.1, 0.15) is 18.8 Å². The number of aromatic amines is 1. The zero-order valence-electron chi connectivity index (χ0n) is 13.9. The van der Waals surface area contributed by atoms with Crippen LogP contribution in [-0.4, -0.2) is 32.6 Å². The first-order valence-electron chi connectivity index (χ1n) is 8.02. The molecule has 132 valence electrons. The number of hydrogen-bond donors (Lipinski definition) is 2. The van der Waals surface area contributed by atoms with Crippen LogP contribution in [0.4, 0.5) is 4.79 Å². The van der Waals surface area contributed by atoms with Crippen molar-refractivity contribution in [2.24, 2.45) is 0 Å². The molecule has 2 aromatic heterocycles. The quantitative estimate of drug-likeness (QED) is 0.699. The average molecular weight is 351 g/mol. The second kappa shape index (κ2) is 8.52. The molecule has 0 fully saturated rings. The van der Waals surface area contributed by atoms with Crippen LogP contribution in [0.2, 0.25) is 0 Å². The van der Waals surface area contributed by atoms with Crippen molar-refractivity contribution in [3.05, 3.63) is 76.7 Å². The highest BCUT2D eigenvalue weighted by atomic mass is 16.5. The summed E-state index contributed by atoms with van der Waals surface area (Å²) in [4.78, 5) is 38.4. The molecule has 0 aliphatic heterocycles. The van der Waals surface area contributed by atoms with Gasteiger partial charge < -0.3 is 15.0 Å². The first kappa shape index (κ1) is 17.3. The lowest BCUT2D eigenvalue weighted by Gasteiger charge is -2.07. The number of aromatic nitrogens is 4. The third-order valence-electron chi connectivity index (χ3n) is 3.48. The molecule has 26 heavy (non-hydrogen) atoms. The predicted molar refractivity (Wildman–Crippen MR) is 94.2 cm³/mol. The molecule has 3 aromatic rings. The molecule has 0 saturated heterocycles. The van der Waals surface area contributed by atoms with Gasteiger partial charge in [-0.05, 0) is 11.6 Å². The Bertz CT molecular complexity index is 913. The van der Waals surface area contributed by atoms with E-state index in [1.54, 1.807) is 12.3 Å². The standard InChI is InChI=1S/C18H17N5O3/c24-17-10-15(14-6-8-19-12-21-14)22-16(23-17)7-9-20-18(25)26-11-13-4-2-1-3-5-13/h1-6,8,10,12H,7,9,11H2,(H,20,25)(H,22,23,24). The number of benzene rings is 1. The Morgan fingerprint density at radius 2 is 2.00 bits per heavy atom. The van der Waals surface area contributed by atoms with Gasteiger partial charge in [0.15, 0.2) is 0 Å². The van der Waals surface area contributed by atoms with Crippen molar-refractivity contribution in [3.8, 4) is 11.4 Å². The summed E-state index contributed by atoms with van der Waals surface area (Å²) in [6.45, 7) is 0.481. The van der Waals surface area contributed by atoms with E-state index in [9.17, 15) is 9.59 Å². The van der Waals surface area contributed by atoms with E-state index in [2.05, 4.69) is 25.3 Å². The van der Waals surface area contributed by atoms with Gasteiger partial charge in [0, 0.05) is 25.2 Å². The number of nitrogens with zero attached hydrogens (tertiary/aromatic N) is 3. The maximum atomic E-state index is 11.8. The molecule has 8 nitrogen and oxygen atoms in total. The van der Waals surface area contributed by atoms with E-state index in [4.69, 9.17) is 4.74 Å². The predicted octanol–water partition coefficient (Wildman–Crippen LogP) is 1.70. The van der Waals surface area contributed by atoms with Crippen molar-refractivity contribution in [3.63, 3.8) is 0 Å². The van der Waals surface area contributed by atoms with Crippen LogP contribution in [0.1, 0.15) is 11.4 Å². The van der Waals surface area contributed by atoms with Crippen molar-refractivity contribution in [2.75, 3.05) is 6.54 Å². The first-order valence-corrected chi connectivity index (χ1v) is 8.02. The molecule has 0 bridgehead atoms. The molecule has 3 rings (SSSR count). The van der Waals surface area contributed by atoms with Crippen LogP contribution < -0.4 is 10.9 Å². The molecule has 0 aliphatic carbocycles. The van der Waals surface area contributed by atoms with E-state index < -0.39 is 6.09 Å². The SMILES string of the molecule is O=C(NCCc1nc(-c2ccncn2)cc(=O)[nH]1)OCc1ccccc1. The number of hydrogen-bond acceptors (Lipinski definition) is 6. The van der Waals surface area contributed by atoms with E-state index in [0.717, 1.165) is 5.56 Å². The zero-order valence-corrected chi connectivity index (χ0v) is 13.9. The number of rotatable bonds is 6. The maximum Gasteiger partial charge on any atom is 0.407 e. The highest BCUT2D eigenvalue weighted by Gasteiger charge is 2.07. The van der Waals surface area contributed by atoms with Gasteiger partial charge in [-0.2, -0.15) is 0 Å². The Morgan fingerprint density at radius 1 is 1.15 bits per heavy atom. The second-order valence-electron chi connectivity index (χ2n) is 5.41. The van der Waals surface area contributed by atoms with Crippen LogP contribution >= 0.6 is 0 Å². The normalized spacial score (nSPS) is 10.3. The molecular weight excluding hydrogens is 334 g/mol. The Hall–Kier alpha value is -3.55. The summed E-state index contributed by atoms with van der Waals surface area (Å²) in [5, 5.41) is 2.63. The lowest BCUT2D eigenvalue weighted by atomic mass is 10.2. The van der Waals surface area contributed by atoms with Crippen LogP contribution in [0.5, 0.6) is 0 Å². The zero-order chi connectivity index (χ0) is 18.2. The number of alkyl carbamates (subject to hydrolysis) is 1. The van der Waals surface area contributed by atoms with Crippen LogP contribution in [-0.2, 0) is 17.8 Å². The molecule has 2 heterocycles. The number of carbonyl (C=O) groups excluding carboxylic acids is 1. The van der Waals surface area contributed by atoms with Crippen molar-refractivity contribution >= 4 is 6.09 Å². The third kappa shape index (κ3) is 4.97. The molecule has 0 spiro atoms. The first-order chi connectivity index (χ1) is 12.7. The van der Waals surface area contributed by atoms with Crippen LogP contribution in [0.25, 0.3) is 11.4 Å². The summed E-state index contributed by atoms with van der Waals surface area (Å²) in [6, 6.07) is 12.4. The van der Waals surface area contributed by atoms with Gasteiger partial charge in [0.2, 0.25) is 0 Å². The summed E-state index contributed by atoms with van der Waals surface area (Å²) < 4.78 is 5.12. The largest absolute Gasteiger partial charge is 0.445 e. The molecule has 8 heteroatoms. The average Bonchev–Trinajstić information content (AvgIpc) is 2.67. The Labute approximate surface area is 149 Å². The van der Waals surface area contributed by atoms with Crippen molar-refractivity contribution in [2.45, 2.75) is 13.0 Å². The fourth-order valence-electron chi connectivity index (χ4n) is 2.26. The molecule has 1 amide bonds. The van der Waals surface area contributed by atoms with Crippen LogP contribution in [0, 0.1) is 0 Å². The van der Waals surface area contributed by atoms with Gasteiger partial charge in [0.25, 0.3) is 5.56 Å². The summed E-state index contributed by atoms with van der Waals surface area (Å²) >= 11 is 0. The van der Waals surface area contributed by atoms with Crippen LogP contribution in [0.15, 0.2) is 59.8 Å². The number of ether oxygens (including phenoxy) is 1. The minimum absolute atomic E-state index is 0.199. The number of carbonyl (C=O) groups is 1. The molecule has 2 N–H and O–H groups in total. The second-order valence-corrected chi connectivity index (χ2v) is 5.41. The molecule has 0 aliphatic rings. The molecular formula is C18H17N5O3. The fraction of sp³-hybridized carbons (Fsp3) is 0.167. The summed E-state index contributed by atoms with van der Waals surface area (Å²) in [6.07, 6.45) is 2.80. The topological polar surface area (TPSA) is 110 Å². The molecule has 1 aromatic carbocycles. The van der Waals surface area contributed by atoms with Crippen molar-refractivity contribution in [1.82, 2.24) is 25.3 Å². The van der Waals surface area contributed by atoms with Gasteiger partial charge >= 0.3 is 6.09 Å². The van der Waals surface area contributed by atoms with Crippen molar-refractivity contribution in [1.29, 1.82) is 0 Å². The Morgan fingerprint density at radius 3 is 2.77 bits per heavy atom. The maximum absolute atomic E-state index is 11.8. The monoisotopic (exact) mass is 351 g/mol. The molecule has 0 unspecified atom stereocenters. The van der Waals surface area contributed by atoms with E-state index in [-0.39, 0.29) is 18.7 Å².